The van der Waals surface area contributed by atoms with E-state index in [2.05, 4.69) is 0 Å². The Kier molecular flexibility index (Phi) is 4.84. The number of carboxylic acids is 1. The standard InChI is InChI=1S/C13H14ClFO3/c1-7(4-13(17)18)3-12(16)9-5-8(2)11(15)6-10(9)14/h5-7H,3-4H2,1-2H3,(H,17,18). The molecule has 0 aliphatic rings. The van der Waals surface area contributed by atoms with Crippen molar-refractivity contribution < 1.29 is 19.1 Å². The molecule has 0 fully saturated rings. The van der Waals surface area contributed by atoms with Gasteiger partial charge in [0.2, 0.25) is 0 Å². The van der Waals surface area contributed by atoms with E-state index in [0.717, 1.165) is 6.07 Å². The number of benzene rings is 1. The fraction of sp³-hybridized carbons (Fsp3) is 0.385. The van der Waals surface area contributed by atoms with Gasteiger partial charge in [-0.2, -0.15) is 0 Å². The first-order valence-corrected chi connectivity index (χ1v) is 5.89. The summed E-state index contributed by atoms with van der Waals surface area (Å²) in [4.78, 5) is 22.4. The van der Waals surface area contributed by atoms with Gasteiger partial charge >= 0.3 is 5.97 Å². The predicted octanol–water partition coefficient (Wildman–Crippen LogP) is 3.47. The van der Waals surface area contributed by atoms with Crippen LogP contribution in [-0.4, -0.2) is 16.9 Å². The van der Waals surface area contributed by atoms with Crippen LogP contribution in [0.25, 0.3) is 0 Å². The third-order valence-corrected chi connectivity index (χ3v) is 2.92. The average molecular weight is 273 g/mol. The summed E-state index contributed by atoms with van der Waals surface area (Å²) in [5, 5.41) is 8.68. The fourth-order valence-electron chi connectivity index (χ4n) is 1.67. The molecule has 1 aromatic rings. The number of aliphatic carboxylic acids is 1. The molecule has 98 valence electrons. The van der Waals surface area contributed by atoms with Gasteiger partial charge in [0.05, 0.1) is 5.02 Å². The zero-order valence-corrected chi connectivity index (χ0v) is 10.9. The fourth-order valence-corrected chi connectivity index (χ4v) is 1.92. The van der Waals surface area contributed by atoms with E-state index in [9.17, 15) is 14.0 Å². The minimum atomic E-state index is -0.948. The summed E-state index contributed by atoms with van der Waals surface area (Å²) in [6.07, 6.45) is 0.000623. The summed E-state index contributed by atoms with van der Waals surface area (Å²) in [5.74, 6) is -1.96. The Morgan fingerprint density at radius 1 is 1.39 bits per heavy atom. The largest absolute Gasteiger partial charge is 0.481 e. The number of carbonyl (C=O) groups excluding carboxylic acids is 1. The van der Waals surface area contributed by atoms with E-state index < -0.39 is 11.8 Å². The van der Waals surface area contributed by atoms with Crippen molar-refractivity contribution in [2.75, 3.05) is 0 Å². The number of carbonyl (C=O) groups is 2. The highest BCUT2D eigenvalue weighted by Gasteiger charge is 2.17. The molecule has 5 heteroatoms. The van der Waals surface area contributed by atoms with E-state index in [-0.39, 0.29) is 35.1 Å². The molecule has 1 atom stereocenters. The van der Waals surface area contributed by atoms with Gasteiger partial charge in [-0.25, -0.2) is 4.39 Å². The molecular formula is C13H14ClFO3. The Morgan fingerprint density at radius 2 is 2.00 bits per heavy atom. The Balaban J connectivity index is 2.85. The van der Waals surface area contributed by atoms with Crippen molar-refractivity contribution in [3.63, 3.8) is 0 Å². The van der Waals surface area contributed by atoms with Crippen LogP contribution in [0.15, 0.2) is 12.1 Å². The number of rotatable bonds is 5. The SMILES string of the molecule is Cc1cc(C(=O)CC(C)CC(=O)O)c(Cl)cc1F. The van der Waals surface area contributed by atoms with E-state index in [0.29, 0.717) is 5.56 Å². The lowest BCUT2D eigenvalue weighted by Gasteiger charge is -2.09. The number of halogens is 2. The first-order chi connectivity index (χ1) is 8.31. The van der Waals surface area contributed by atoms with Gasteiger partial charge < -0.3 is 5.11 Å². The van der Waals surface area contributed by atoms with Crippen molar-refractivity contribution in [2.45, 2.75) is 26.7 Å². The zero-order chi connectivity index (χ0) is 13.9. The number of aryl methyl sites for hydroxylation is 1. The van der Waals surface area contributed by atoms with Crippen molar-refractivity contribution in [2.24, 2.45) is 5.92 Å². The first kappa shape index (κ1) is 14.6. The van der Waals surface area contributed by atoms with Crippen LogP contribution in [0.1, 0.15) is 35.7 Å². The summed E-state index contributed by atoms with van der Waals surface area (Å²) in [5.41, 5.74) is 0.585. The molecule has 0 amide bonds. The molecule has 0 saturated heterocycles. The Hall–Kier alpha value is -1.42. The maximum Gasteiger partial charge on any atom is 0.303 e. The second-order valence-corrected chi connectivity index (χ2v) is 4.82. The highest BCUT2D eigenvalue weighted by Crippen LogP contribution is 2.23. The maximum absolute atomic E-state index is 13.2. The number of ketones is 1. The van der Waals surface area contributed by atoms with E-state index in [1.165, 1.54) is 6.07 Å². The number of carboxylic acid groups (broad SMARTS) is 1. The lowest BCUT2D eigenvalue weighted by molar-refractivity contribution is -0.137. The minimum Gasteiger partial charge on any atom is -0.481 e. The summed E-state index contributed by atoms with van der Waals surface area (Å²) in [7, 11) is 0. The van der Waals surface area contributed by atoms with Gasteiger partial charge in [0.25, 0.3) is 0 Å². The van der Waals surface area contributed by atoms with E-state index in [1.807, 2.05) is 0 Å². The predicted molar refractivity (Wildman–Crippen MR) is 66.5 cm³/mol. The summed E-state index contributed by atoms with van der Waals surface area (Å²) >= 11 is 5.81. The smallest absolute Gasteiger partial charge is 0.303 e. The van der Waals surface area contributed by atoms with Crippen molar-refractivity contribution in [3.05, 3.63) is 34.1 Å². The molecule has 1 unspecified atom stereocenters. The van der Waals surface area contributed by atoms with Gasteiger partial charge in [0.1, 0.15) is 5.82 Å². The molecule has 3 nitrogen and oxygen atoms in total. The molecule has 0 spiro atoms. The Bertz CT molecular complexity index is 485. The minimum absolute atomic E-state index is 0.0608. The van der Waals surface area contributed by atoms with Gasteiger partial charge in [-0.3, -0.25) is 9.59 Å². The molecule has 1 rings (SSSR count). The van der Waals surface area contributed by atoms with Crippen LogP contribution in [0.3, 0.4) is 0 Å². The molecule has 0 aromatic heterocycles. The second kappa shape index (κ2) is 5.96. The van der Waals surface area contributed by atoms with Crippen molar-refractivity contribution in [3.8, 4) is 0 Å². The van der Waals surface area contributed by atoms with Crippen LogP contribution >= 0.6 is 11.6 Å². The van der Waals surface area contributed by atoms with Gasteiger partial charge in [0, 0.05) is 18.4 Å². The number of hydrogen-bond donors (Lipinski definition) is 1. The number of Topliss-reactive ketones (excluding diaryl/α,β-unsaturated/α-hetero) is 1. The van der Waals surface area contributed by atoms with E-state index >= 15 is 0 Å². The van der Waals surface area contributed by atoms with Crippen LogP contribution in [0.4, 0.5) is 4.39 Å². The first-order valence-electron chi connectivity index (χ1n) is 5.52. The molecule has 0 heterocycles. The Morgan fingerprint density at radius 3 is 2.56 bits per heavy atom. The molecule has 0 saturated carbocycles. The van der Waals surface area contributed by atoms with Crippen LogP contribution < -0.4 is 0 Å². The maximum atomic E-state index is 13.2. The third kappa shape index (κ3) is 3.81. The molecule has 1 aromatic carbocycles. The molecule has 0 radical (unpaired) electrons. The summed E-state index contributed by atoms with van der Waals surface area (Å²) < 4.78 is 13.2. The molecular weight excluding hydrogens is 259 g/mol. The van der Waals surface area contributed by atoms with Crippen LogP contribution in [0.2, 0.25) is 5.02 Å². The third-order valence-electron chi connectivity index (χ3n) is 2.61. The van der Waals surface area contributed by atoms with E-state index in [4.69, 9.17) is 16.7 Å². The lowest BCUT2D eigenvalue weighted by atomic mass is 9.96. The van der Waals surface area contributed by atoms with Crippen LogP contribution in [0, 0.1) is 18.7 Å². The summed E-state index contributed by atoms with van der Waals surface area (Å²) in [6.45, 7) is 3.22. The zero-order valence-electron chi connectivity index (χ0n) is 10.2. The Labute approximate surface area is 110 Å². The topological polar surface area (TPSA) is 54.4 Å². The lowest BCUT2D eigenvalue weighted by Crippen LogP contribution is -2.11. The normalized spacial score (nSPS) is 12.2. The van der Waals surface area contributed by atoms with E-state index in [1.54, 1.807) is 13.8 Å². The molecule has 0 aliphatic heterocycles. The van der Waals surface area contributed by atoms with Crippen molar-refractivity contribution >= 4 is 23.4 Å². The molecule has 1 N–H and O–H groups in total. The monoisotopic (exact) mass is 272 g/mol. The van der Waals surface area contributed by atoms with Gasteiger partial charge in [0.15, 0.2) is 5.78 Å². The van der Waals surface area contributed by atoms with Gasteiger partial charge in [-0.05, 0) is 30.5 Å². The summed E-state index contributed by atoms with van der Waals surface area (Å²) in [6, 6.07) is 2.50. The molecule has 0 bridgehead atoms. The highest BCUT2D eigenvalue weighted by molar-refractivity contribution is 6.34. The number of hydrogen-bond acceptors (Lipinski definition) is 2. The highest BCUT2D eigenvalue weighted by atomic mass is 35.5. The average Bonchev–Trinajstić information content (AvgIpc) is 2.21. The van der Waals surface area contributed by atoms with Crippen molar-refractivity contribution in [1.82, 2.24) is 0 Å². The molecule has 0 aliphatic carbocycles. The van der Waals surface area contributed by atoms with Crippen molar-refractivity contribution in [1.29, 1.82) is 0 Å². The van der Waals surface area contributed by atoms with Gasteiger partial charge in [-0.15, -0.1) is 0 Å². The van der Waals surface area contributed by atoms with Gasteiger partial charge in [-0.1, -0.05) is 18.5 Å². The van der Waals surface area contributed by atoms with Crippen LogP contribution in [0.5, 0.6) is 0 Å². The second-order valence-electron chi connectivity index (χ2n) is 4.41. The quantitative estimate of drug-likeness (QED) is 0.835. The molecule has 18 heavy (non-hydrogen) atoms. The van der Waals surface area contributed by atoms with Crippen LogP contribution in [-0.2, 0) is 4.79 Å².